The molecule has 20 heavy (non-hydrogen) atoms. The molecule has 2 atom stereocenters. The van der Waals surface area contributed by atoms with Crippen LogP contribution in [0.2, 0.25) is 0 Å². The van der Waals surface area contributed by atoms with Gasteiger partial charge in [0, 0.05) is 13.0 Å². The van der Waals surface area contributed by atoms with Crippen LogP contribution in [-0.2, 0) is 19.2 Å². The molecule has 0 aromatic rings. The van der Waals surface area contributed by atoms with Gasteiger partial charge in [-0.1, -0.05) is 0 Å². The van der Waals surface area contributed by atoms with Crippen LogP contribution in [-0.4, -0.2) is 54.4 Å². The summed E-state index contributed by atoms with van der Waals surface area (Å²) < 4.78 is 0. The summed E-state index contributed by atoms with van der Waals surface area (Å²) in [6.07, 6.45) is 0.246. The highest BCUT2D eigenvalue weighted by atomic mass is 32.1. The fourth-order valence-electron chi connectivity index (χ4n) is 1.61. The predicted molar refractivity (Wildman–Crippen MR) is 74.0 cm³/mol. The fourth-order valence-corrected chi connectivity index (χ4v) is 1.83. The van der Waals surface area contributed by atoms with Crippen molar-refractivity contribution >= 4 is 35.3 Å². The van der Waals surface area contributed by atoms with E-state index >= 15 is 0 Å². The normalized spacial score (nSPS) is 26.6. The summed E-state index contributed by atoms with van der Waals surface area (Å²) in [5.41, 5.74) is 5.61. The quantitative estimate of drug-likeness (QED) is 0.336. The minimum absolute atomic E-state index is 0.0191. The van der Waals surface area contributed by atoms with E-state index in [-0.39, 0.29) is 44.2 Å². The first-order valence-corrected chi connectivity index (χ1v) is 6.62. The first-order chi connectivity index (χ1) is 9.40. The second-order valence-electron chi connectivity index (χ2n) is 4.46. The van der Waals surface area contributed by atoms with Crippen LogP contribution in [0.25, 0.3) is 0 Å². The van der Waals surface area contributed by atoms with E-state index < -0.39 is 23.1 Å². The van der Waals surface area contributed by atoms with Crippen molar-refractivity contribution in [1.29, 1.82) is 0 Å². The fraction of sp³-hybridized carbons (Fsp3) is 0.636. The highest BCUT2D eigenvalue weighted by Gasteiger charge is 2.21. The van der Waals surface area contributed by atoms with E-state index in [2.05, 4.69) is 28.6 Å². The van der Waals surface area contributed by atoms with Crippen LogP contribution in [0.1, 0.15) is 12.8 Å². The highest BCUT2D eigenvalue weighted by molar-refractivity contribution is 7.96. The number of hydrogen-bond acceptors (Lipinski definition) is 6. The van der Waals surface area contributed by atoms with Crippen molar-refractivity contribution in [2.45, 2.75) is 24.9 Å². The van der Waals surface area contributed by atoms with Gasteiger partial charge in [-0.2, -0.15) is 0 Å². The van der Waals surface area contributed by atoms with E-state index in [9.17, 15) is 19.2 Å². The van der Waals surface area contributed by atoms with Crippen LogP contribution in [0.3, 0.4) is 0 Å². The lowest BCUT2D eigenvalue weighted by Crippen LogP contribution is -2.48. The maximum atomic E-state index is 11.7. The van der Waals surface area contributed by atoms with E-state index in [0.29, 0.717) is 0 Å². The zero-order valence-electron chi connectivity index (χ0n) is 10.8. The Hall–Kier alpha value is -1.45. The van der Waals surface area contributed by atoms with Crippen molar-refractivity contribution in [3.05, 3.63) is 0 Å². The molecular formula is C11H18N4O4S. The smallest absolute Gasteiger partial charge is 0.239 e. The van der Waals surface area contributed by atoms with Gasteiger partial charge in [-0.05, 0) is 6.42 Å². The van der Waals surface area contributed by atoms with Crippen LogP contribution in [0.5, 0.6) is 0 Å². The molecular weight excluding hydrogens is 284 g/mol. The molecule has 1 fully saturated rings. The minimum Gasteiger partial charge on any atom is -0.353 e. The number of thiol groups is 1. The van der Waals surface area contributed by atoms with Gasteiger partial charge in [0.1, 0.15) is 0 Å². The molecule has 1 heterocycles. The van der Waals surface area contributed by atoms with E-state index in [1.807, 2.05) is 0 Å². The maximum absolute atomic E-state index is 11.7. The summed E-state index contributed by atoms with van der Waals surface area (Å²) in [5, 5.41) is 7.13. The molecule has 1 saturated heterocycles. The van der Waals surface area contributed by atoms with Crippen molar-refractivity contribution < 1.29 is 19.2 Å². The number of nitrogens with two attached hydrogens (primary N) is 1. The molecule has 8 nitrogen and oxygen atoms in total. The molecule has 0 aromatic heterocycles. The molecule has 112 valence electrons. The molecule has 0 saturated carbocycles. The van der Waals surface area contributed by atoms with Gasteiger partial charge in [-0.3, -0.25) is 24.5 Å². The molecule has 1 aliphatic rings. The maximum Gasteiger partial charge on any atom is 0.239 e. The first-order valence-electron chi connectivity index (χ1n) is 6.18. The van der Waals surface area contributed by atoms with Gasteiger partial charge in [0.25, 0.3) is 0 Å². The highest BCUT2D eigenvalue weighted by Crippen LogP contribution is 2.02. The van der Waals surface area contributed by atoms with Gasteiger partial charge in [0.2, 0.25) is 16.9 Å². The number of ketones is 1. The average Bonchev–Trinajstić information content (AvgIpc) is 2.41. The number of hydrogen-bond donors (Lipinski definition) is 5. The molecule has 1 aliphatic heterocycles. The average molecular weight is 302 g/mol. The molecule has 0 aliphatic carbocycles. The Morgan fingerprint density at radius 3 is 2.50 bits per heavy atom. The van der Waals surface area contributed by atoms with Crippen LogP contribution in [0.4, 0.5) is 0 Å². The lowest BCUT2D eigenvalue weighted by Gasteiger charge is -2.16. The third kappa shape index (κ3) is 5.68. The SMILES string of the molecule is NC1CNC(=O)CNC(=O)CCC(C(=O)S)NCC1=O. The Bertz CT molecular complexity index is 415. The number of carbonyl (C=O) groups is 4. The number of carbonyl (C=O) groups excluding carboxylic acids is 4. The Balaban J connectivity index is 2.71. The van der Waals surface area contributed by atoms with Crippen LogP contribution < -0.4 is 21.7 Å². The summed E-state index contributed by atoms with van der Waals surface area (Å²) >= 11 is 3.71. The third-order valence-electron chi connectivity index (χ3n) is 2.86. The predicted octanol–water partition coefficient (Wildman–Crippen LogP) is -2.68. The van der Waals surface area contributed by atoms with Gasteiger partial charge < -0.3 is 16.4 Å². The van der Waals surface area contributed by atoms with E-state index in [1.54, 1.807) is 0 Å². The molecule has 9 heteroatoms. The summed E-state index contributed by atoms with van der Waals surface area (Å²) in [6, 6.07) is -1.57. The molecule has 0 spiro atoms. The largest absolute Gasteiger partial charge is 0.353 e. The molecule has 5 N–H and O–H groups in total. The van der Waals surface area contributed by atoms with E-state index in [1.165, 1.54) is 0 Å². The molecule has 2 amide bonds. The lowest BCUT2D eigenvalue weighted by molar-refractivity contribution is -0.126. The standard InChI is InChI=1S/C11H18N4O4S/c12-6-3-14-10(18)5-15-9(17)2-1-7(11(19)20)13-4-8(6)16/h6-7,13H,1-5,12H2,(H,14,18)(H,15,17)(H,19,20). The zero-order chi connectivity index (χ0) is 15.1. The topological polar surface area (TPSA) is 130 Å². The van der Waals surface area contributed by atoms with E-state index in [4.69, 9.17) is 5.73 Å². The third-order valence-corrected chi connectivity index (χ3v) is 3.17. The Labute approximate surface area is 121 Å². The Morgan fingerprint density at radius 2 is 1.85 bits per heavy atom. The van der Waals surface area contributed by atoms with Crippen LogP contribution >= 0.6 is 12.6 Å². The first kappa shape index (κ1) is 16.6. The summed E-state index contributed by atoms with van der Waals surface area (Å²) in [6.45, 7) is -0.322. The second kappa shape index (κ2) is 7.98. The Morgan fingerprint density at radius 1 is 1.15 bits per heavy atom. The van der Waals surface area contributed by atoms with Crippen LogP contribution in [0, 0.1) is 0 Å². The summed E-state index contributed by atoms with van der Waals surface area (Å²) in [5.74, 6) is -1.10. The monoisotopic (exact) mass is 302 g/mol. The number of Topliss-reactive ketones (excluding diaryl/α,β-unsaturated/α-hetero) is 1. The molecule has 0 bridgehead atoms. The molecule has 0 radical (unpaired) electrons. The minimum atomic E-state index is -0.862. The van der Waals surface area contributed by atoms with Crippen molar-refractivity contribution in [2.24, 2.45) is 5.73 Å². The Kier molecular flexibility index (Phi) is 6.62. The molecule has 2 unspecified atom stereocenters. The van der Waals surface area contributed by atoms with Crippen molar-refractivity contribution in [1.82, 2.24) is 16.0 Å². The molecule has 1 rings (SSSR count). The van der Waals surface area contributed by atoms with Crippen molar-refractivity contribution in [3.8, 4) is 0 Å². The van der Waals surface area contributed by atoms with E-state index in [0.717, 1.165) is 0 Å². The second-order valence-corrected chi connectivity index (χ2v) is 4.90. The number of amides is 2. The summed E-state index contributed by atoms with van der Waals surface area (Å²) in [4.78, 5) is 45.9. The van der Waals surface area contributed by atoms with Gasteiger partial charge in [0.05, 0.1) is 25.2 Å². The van der Waals surface area contributed by atoms with Gasteiger partial charge in [-0.15, -0.1) is 12.6 Å². The number of rotatable bonds is 1. The zero-order valence-corrected chi connectivity index (χ0v) is 11.7. The van der Waals surface area contributed by atoms with Gasteiger partial charge in [-0.25, -0.2) is 0 Å². The van der Waals surface area contributed by atoms with Crippen molar-refractivity contribution in [2.75, 3.05) is 19.6 Å². The van der Waals surface area contributed by atoms with Gasteiger partial charge >= 0.3 is 0 Å². The van der Waals surface area contributed by atoms with Crippen molar-refractivity contribution in [3.63, 3.8) is 0 Å². The lowest BCUT2D eigenvalue weighted by atomic mass is 10.1. The summed E-state index contributed by atoms with van der Waals surface area (Å²) in [7, 11) is 0. The number of nitrogens with one attached hydrogen (secondary N) is 3. The van der Waals surface area contributed by atoms with Gasteiger partial charge in [0.15, 0.2) is 5.78 Å². The molecule has 0 aromatic carbocycles. The van der Waals surface area contributed by atoms with Crippen LogP contribution in [0.15, 0.2) is 0 Å².